The Morgan fingerprint density at radius 1 is 0.470 bits per heavy atom. The van der Waals surface area contributed by atoms with Crippen molar-refractivity contribution in [2.24, 2.45) is 28.7 Å². The number of anilines is 5. The fourth-order valence-electron chi connectivity index (χ4n) is 12.5. The topological polar surface area (TPSA) is 764 Å². The minimum absolute atomic E-state index is 0.0119. The number of ether oxygens (including phenoxy) is 5. The lowest BCUT2D eigenvalue weighted by molar-refractivity contribution is -0.0447. The van der Waals surface area contributed by atoms with Crippen molar-refractivity contribution < 1.29 is 92.8 Å². The van der Waals surface area contributed by atoms with E-state index in [2.05, 4.69) is 105 Å². The van der Waals surface area contributed by atoms with Crippen molar-refractivity contribution >= 4 is 156 Å². The maximum Gasteiger partial charge on any atom is 0.280 e. The SMILES string of the molecule is [2H]C([2H])(O)[C@H]1O[C@@H](n2cc(F)c3c(=O)[nH]c(N)nc32)C(N)(C#CCl)[C@H]1O.[2H]C([2H])(O)[C@H]1O[C@@H](n2ccc3c(=O)[nH]c(N)nc32)C(N)(C#CCl)[C@H]1O.[2H]C([2H])(O)[C@H]1O[C@@H](n2cnc3c(=O)[nH]c(N)nc32)C(N)(C#CCl)[C@H]1O.[2H]C([2H])(O)[C@H]1O[C@@H](n2cnc3c(=S)nc(N)[nH]c32)C(N)(C#CCl)[C@H]1O.[2H]C([2H])(O)[C@H]1O[C@@H](n2cnc3cnc(N)nc32)C(N)(C#CCl)[C@H]1O. The number of nitrogen functional groups attached to an aromatic ring is 5. The first-order chi connectivity index (χ1) is 58.0. The average molecular weight is 1730 g/mol. The molecule has 5 aliphatic rings. The van der Waals surface area contributed by atoms with Crippen LogP contribution in [0.4, 0.5) is 34.1 Å². The van der Waals surface area contributed by atoms with Crippen LogP contribution in [0.5, 0.6) is 0 Å². The lowest BCUT2D eigenvalue weighted by atomic mass is 9.92. The summed E-state index contributed by atoms with van der Waals surface area (Å²) < 4.78 is 122. The Bertz CT molecular complexity index is 6090. The van der Waals surface area contributed by atoms with Crippen LogP contribution in [0.1, 0.15) is 44.8 Å². The molecule has 5 unspecified atom stereocenters. The third-order valence-electron chi connectivity index (χ3n) is 18.0. The first kappa shape index (κ1) is 72.6. The molecule has 10 aromatic rings. The van der Waals surface area contributed by atoms with E-state index in [9.17, 15) is 69.8 Å². The van der Waals surface area contributed by atoms with Crippen molar-refractivity contribution in [3.8, 4) is 56.5 Å². The van der Waals surface area contributed by atoms with Gasteiger partial charge in [0.25, 0.3) is 16.7 Å². The second-order valence-corrected chi connectivity index (χ2v) is 26.1. The number of rotatable bonds is 10. The zero-order valence-corrected chi connectivity index (χ0v) is 61.7. The molecule has 15 rings (SSSR count). The Morgan fingerprint density at radius 3 is 1.29 bits per heavy atom. The van der Waals surface area contributed by atoms with E-state index in [1.54, 1.807) is 0 Å². The molecule has 0 bridgehead atoms. The Hall–Kier alpha value is -10.1. The van der Waals surface area contributed by atoms with E-state index in [1.165, 1.54) is 44.8 Å². The quantitative estimate of drug-likeness (QED) is 0.0447. The molecular weight excluding hydrogens is 1650 g/mol. The van der Waals surface area contributed by atoms with Gasteiger partial charge in [-0.1, -0.05) is 41.8 Å². The number of aromatic nitrogens is 18. The summed E-state index contributed by atoms with van der Waals surface area (Å²) in [6.45, 7) is -14.6. The molecule has 0 aromatic carbocycles. The first-order valence-corrected chi connectivity index (χ1v) is 34.0. The molecule has 0 amide bonds. The monoisotopic (exact) mass is 1730 g/mol. The number of hydrogen-bond acceptors (Lipinski definition) is 38. The predicted octanol–water partition coefficient (Wildman–Crippen LogP) is -7.33. The molecule has 0 saturated carbocycles. The van der Waals surface area contributed by atoms with Gasteiger partial charge in [0.1, 0.15) is 83.1 Å². The van der Waals surface area contributed by atoms with Crippen LogP contribution >= 0.6 is 70.2 Å². The van der Waals surface area contributed by atoms with Crippen molar-refractivity contribution in [1.29, 1.82) is 0 Å². The molecule has 20 atom stereocenters. The van der Waals surface area contributed by atoms with Gasteiger partial charge < -0.3 is 142 Å². The standard InChI is InChI=1S/C13H13ClFN5O4.C13H14ClN5O4.C12H13ClN6O4.C12H13ClN6O3S.C12H13ClN6O3/c14-2-1-13(17)8(22)6(4-21)24-11(13)20-3-5(15)7-9(20)18-12(16)19-10(7)23;14-3-2-13(16)8(21)7(5-20)23-11(13)19-4-1-6-9(19)17-12(15)18-10(6)22;13-2-1-12(15)7(21)5(3-20)23-10(12)19-4-16-6-8(19)17-11(14)18-9(6)22;13-2-1-12(15)7(21)5(3-20)22-10(12)19-4-16-6-8(19)17-11(14)18-9(6)23;13-2-1-12(15)8(21)7(4-20)22-10(12)19-5-17-6-3-16-11(14)18-9(6)19/h3,6,8,11,21-22H,4,17H2,(H3,16,18,19,23);1,4,7-8,11,20-21H,5,16H2,(H3,15,17,18,22);4-5,7,10,20-21H,3,15H2,(H3,14,17,18,22);4-5,7,10,20-21H,3,15H2,(H3,14,17,18,23);3,5,7-8,10,20-21H,4,15H2,(H2,14,16,18)/t6-,8+,11-,13?;7-,8+,11-,13?;2*5-,7+,10-,12?;7-,8+,10-,12?/m11111/s1/i4D2;5D2;2*3D2;4D2. The van der Waals surface area contributed by atoms with Crippen LogP contribution in [0, 0.1) is 67.0 Å². The summed E-state index contributed by atoms with van der Waals surface area (Å²) >= 11 is 32.2. The van der Waals surface area contributed by atoms with Crippen LogP contribution in [0.25, 0.3) is 55.6 Å². The number of nitrogens with two attached hydrogens (primary N) is 10. The van der Waals surface area contributed by atoms with Gasteiger partial charge in [-0.15, -0.1) is 0 Å². The van der Waals surface area contributed by atoms with E-state index in [0.717, 1.165) is 21.7 Å². The summed E-state index contributed by atoms with van der Waals surface area (Å²) in [6.07, 6.45) is -16.7. The van der Waals surface area contributed by atoms with Gasteiger partial charge in [0.05, 0.1) is 77.1 Å². The number of nitrogens with one attached hydrogen (secondary N) is 4. The molecule has 115 heavy (non-hydrogen) atoms. The molecule has 34 N–H and O–H groups in total. The van der Waals surface area contributed by atoms with E-state index < -0.39 is 181 Å². The molecule has 0 radical (unpaired) electrons. The average Bonchev–Trinajstić information content (AvgIpc) is 1.60. The molecule has 46 nitrogen and oxygen atoms in total. The molecule has 610 valence electrons. The number of aromatic amines is 4. The van der Waals surface area contributed by atoms with E-state index >= 15 is 0 Å². The molecule has 53 heteroatoms. The van der Waals surface area contributed by atoms with Crippen LogP contribution in [0.3, 0.4) is 0 Å². The fraction of sp³-hybridized carbons (Fsp3) is 0.403. The fourth-order valence-corrected chi connectivity index (χ4v) is 13.6. The summed E-state index contributed by atoms with van der Waals surface area (Å²) in [4.78, 5) is 80.8. The van der Waals surface area contributed by atoms with Gasteiger partial charge in [0.2, 0.25) is 23.8 Å². The summed E-state index contributed by atoms with van der Waals surface area (Å²) in [6, 6.07) is 1.42. The van der Waals surface area contributed by atoms with E-state index in [0.29, 0.717) is 11.0 Å². The Labute approximate surface area is 684 Å². The number of H-pyrrole nitrogens is 4. The predicted molar refractivity (Wildman–Crippen MR) is 407 cm³/mol. The minimum atomic E-state index is -3.00. The summed E-state index contributed by atoms with van der Waals surface area (Å²) in [5, 5.41) is 110. The normalized spacial score (nSPS) is 32.3. The maximum absolute atomic E-state index is 14.3. The number of aliphatic hydroxyl groups excluding tert-OH is 5. The van der Waals surface area contributed by atoms with Crippen LogP contribution < -0.4 is 74.0 Å². The third kappa shape index (κ3) is 15.4. The largest absolute Gasteiger partial charge is 0.394 e. The molecular formula is C62H66Cl5FN28O18S. The maximum atomic E-state index is 14.3. The Balaban J connectivity index is 0.000000152. The number of aliphatic hydroxyl groups is 10. The van der Waals surface area contributed by atoms with Crippen molar-refractivity contribution in [1.82, 2.24) is 87.6 Å². The first-order valence-electron chi connectivity index (χ1n) is 36.7. The summed E-state index contributed by atoms with van der Waals surface area (Å²) in [5.41, 5.74) is 47.7. The van der Waals surface area contributed by atoms with Gasteiger partial charge in [-0.2, -0.15) is 19.9 Å². The van der Waals surface area contributed by atoms with Crippen molar-refractivity contribution in [3.63, 3.8) is 0 Å². The highest BCUT2D eigenvalue weighted by Gasteiger charge is 2.59. The molecule has 0 spiro atoms. The van der Waals surface area contributed by atoms with Gasteiger partial charge in [-0.05, 0) is 64.1 Å². The van der Waals surface area contributed by atoms with E-state index in [1.807, 2.05) is 16.1 Å². The molecule has 5 saturated heterocycles. The molecule has 5 fully saturated rings. The van der Waals surface area contributed by atoms with Crippen LogP contribution in [-0.2, 0) is 23.7 Å². The highest BCUT2D eigenvalue weighted by molar-refractivity contribution is 7.71. The van der Waals surface area contributed by atoms with Gasteiger partial charge in [0, 0.05) is 39.3 Å². The van der Waals surface area contributed by atoms with Crippen LogP contribution in [-0.4, -0.2) is 260 Å². The number of hydrogen-bond donors (Lipinski definition) is 24. The highest BCUT2D eigenvalue weighted by atomic mass is 35.5. The number of halogens is 6. The van der Waals surface area contributed by atoms with E-state index in [-0.39, 0.29) is 73.5 Å². The number of fused-ring (bicyclic) bond motifs is 5. The molecule has 0 aliphatic carbocycles. The van der Waals surface area contributed by atoms with Gasteiger partial charge in [0.15, 0.2) is 103 Å². The summed E-state index contributed by atoms with van der Waals surface area (Å²) in [7, 11) is 0. The molecule has 15 heterocycles. The number of nitrogens with zero attached hydrogens (tertiary/aromatic N) is 14. The van der Waals surface area contributed by atoms with Crippen LogP contribution in [0.2, 0.25) is 0 Å². The van der Waals surface area contributed by atoms with E-state index in [4.69, 9.17) is 165 Å². The second kappa shape index (κ2) is 34.0. The van der Waals surface area contributed by atoms with Gasteiger partial charge >= 0.3 is 0 Å². The van der Waals surface area contributed by atoms with Crippen molar-refractivity contribution in [2.45, 2.75) is 120 Å². The lowest BCUT2D eigenvalue weighted by Crippen LogP contribution is -2.53. The minimum Gasteiger partial charge on any atom is -0.394 e. The molecule has 5 aliphatic heterocycles. The molecule has 10 aromatic heterocycles. The van der Waals surface area contributed by atoms with Crippen molar-refractivity contribution in [2.75, 3.05) is 61.5 Å². The third-order valence-corrected chi connectivity index (χ3v) is 18.8. The van der Waals surface area contributed by atoms with Gasteiger partial charge in [-0.25, -0.2) is 29.3 Å². The second-order valence-electron chi connectivity index (χ2n) is 24.8. The Morgan fingerprint density at radius 2 is 0.835 bits per heavy atom. The Kier molecular flexibility index (Phi) is 21.5. The van der Waals surface area contributed by atoms with Crippen molar-refractivity contribution in [3.05, 3.63) is 85.2 Å². The van der Waals surface area contributed by atoms with Gasteiger partial charge in [-0.3, -0.25) is 47.6 Å². The number of imidazole rings is 3. The highest BCUT2D eigenvalue weighted by Crippen LogP contribution is 2.43. The lowest BCUT2D eigenvalue weighted by Gasteiger charge is -2.27. The van der Waals surface area contributed by atoms with Crippen LogP contribution in [0.15, 0.2) is 58.0 Å². The smallest absolute Gasteiger partial charge is 0.280 e. The zero-order chi connectivity index (χ0) is 92.8. The summed E-state index contributed by atoms with van der Waals surface area (Å²) in [5.74, 6) is 10.2. The zero-order valence-electron chi connectivity index (χ0n) is 67.2.